The zero-order valence-corrected chi connectivity index (χ0v) is 9.54. The van der Waals surface area contributed by atoms with E-state index in [1.165, 1.54) is 0 Å². The van der Waals surface area contributed by atoms with Gasteiger partial charge in [0.2, 0.25) is 0 Å². The first-order chi connectivity index (χ1) is 7.20. The van der Waals surface area contributed by atoms with Gasteiger partial charge in [-0.15, -0.1) is 0 Å². The molecule has 0 aliphatic heterocycles. The second kappa shape index (κ2) is 4.68. The molecule has 0 bridgehead atoms. The second-order valence-electron chi connectivity index (χ2n) is 2.54. The number of nitrogens with zero attached hydrogens (tertiary/aromatic N) is 1. The van der Waals surface area contributed by atoms with Gasteiger partial charge in [-0.05, 0) is 17.8 Å². The molecule has 0 saturated carbocycles. The van der Waals surface area contributed by atoms with Crippen LogP contribution in [-0.2, 0) is 0 Å². The van der Waals surface area contributed by atoms with Gasteiger partial charge in [-0.3, -0.25) is 10.1 Å². The summed E-state index contributed by atoms with van der Waals surface area (Å²) in [4.78, 5) is 9.11. The van der Waals surface area contributed by atoms with Crippen LogP contribution in [0.2, 0.25) is 10.0 Å². The van der Waals surface area contributed by atoms with Gasteiger partial charge in [-0.25, -0.2) is 0 Å². The van der Waals surface area contributed by atoms with Crippen molar-refractivity contribution in [2.45, 2.75) is 10.4 Å². The minimum Gasteiger partial charge on any atom is -0.258 e. The van der Waals surface area contributed by atoms with Crippen molar-refractivity contribution in [1.29, 1.82) is 0 Å². The topological polar surface area (TPSA) is 43.1 Å². The Morgan fingerprint density at radius 3 is 2.25 bits per heavy atom. The summed E-state index contributed by atoms with van der Waals surface area (Å²) >= 11 is 10.4. The monoisotopic (exact) mass is 291 g/mol. The molecule has 0 aromatic heterocycles. The van der Waals surface area contributed by atoms with Crippen LogP contribution in [0.15, 0.2) is 17.0 Å². The smallest absolute Gasteiger partial charge is 0.258 e. The molecule has 0 amide bonds. The van der Waals surface area contributed by atoms with E-state index in [1.54, 1.807) is 0 Å². The Morgan fingerprint density at radius 1 is 1.25 bits per heavy atom. The fourth-order valence-electron chi connectivity index (χ4n) is 0.861. The van der Waals surface area contributed by atoms with Gasteiger partial charge in [0.05, 0.1) is 9.95 Å². The fourth-order valence-corrected chi connectivity index (χ4v) is 2.01. The summed E-state index contributed by atoms with van der Waals surface area (Å²) in [5.74, 6) is 0. The summed E-state index contributed by atoms with van der Waals surface area (Å²) < 4.78 is 36.2. The number of hydrogen-bond acceptors (Lipinski definition) is 3. The molecule has 0 fully saturated rings. The molecule has 88 valence electrons. The molecule has 16 heavy (non-hydrogen) atoms. The normalized spacial score (nSPS) is 11.6. The van der Waals surface area contributed by atoms with Crippen molar-refractivity contribution in [3.63, 3.8) is 0 Å². The Bertz CT molecular complexity index is 438. The Kier molecular flexibility index (Phi) is 3.92. The van der Waals surface area contributed by atoms with Crippen LogP contribution in [0.5, 0.6) is 0 Å². The molecular formula is C7H2Cl2F3NO2S. The molecule has 0 aliphatic carbocycles. The van der Waals surface area contributed by atoms with Crippen LogP contribution in [0.3, 0.4) is 0 Å². The molecule has 1 aromatic rings. The fraction of sp³-hybridized carbons (Fsp3) is 0.143. The first-order valence-electron chi connectivity index (χ1n) is 3.60. The Morgan fingerprint density at radius 2 is 1.81 bits per heavy atom. The van der Waals surface area contributed by atoms with Gasteiger partial charge in [0.15, 0.2) is 0 Å². The standard InChI is InChI=1S/C7H2Cl2F3NO2S/c8-3-1-4(9)6(16-7(10,11)12)2-5(3)13(14)15/h1-2H. The highest BCUT2D eigenvalue weighted by atomic mass is 35.5. The zero-order chi connectivity index (χ0) is 12.5. The summed E-state index contributed by atoms with van der Waals surface area (Å²) in [6.45, 7) is 0. The maximum atomic E-state index is 12.1. The highest BCUT2D eigenvalue weighted by Gasteiger charge is 2.31. The predicted octanol–water partition coefficient (Wildman–Crippen LogP) is 4.51. The van der Waals surface area contributed by atoms with Gasteiger partial charge in [0.25, 0.3) is 5.69 Å². The lowest BCUT2D eigenvalue weighted by molar-refractivity contribution is -0.384. The third-order valence-electron chi connectivity index (χ3n) is 1.42. The summed E-state index contributed by atoms with van der Waals surface area (Å²) in [7, 11) is 0. The van der Waals surface area contributed by atoms with E-state index in [0.29, 0.717) is 6.07 Å². The number of hydrogen-bond donors (Lipinski definition) is 0. The molecule has 1 aromatic carbocycles. The van der Waals surface area contributed by atoms with Crippen LogP contribution in [0.4, 0.5) is 18.9 Å². The average Bonchev–Trinajstić information content (AvgIpc) is 2.07. The summed E-state index contributed by atoms with van der Waals surface area (Å²) in [5.41, 5.74) is -5.18. The van der Waals surface area contributed by atoms with Gasteiger partial charge in [0.1, 0.15) is 5.02 Å². The van der Waals surface area contributed by atoms with Crippen molar-refractivity contribution < 1.29 is 18.1 Å². The number of nitro benzene ring substituents is 1. The number of nitro groups is 1. The van der Waals surface area contributed by atoms with Crippen molar-refractivity contribution >= 4 is 40.7 Å². The second-order valence-corrected chi connectivity index (χ2v) is 4.46. The molecule has 9 heteroatoms. The molecule has 0 radical (unpaired) electrons. The summed E-state index contributed by atoms with van der Waals surface area (Å²) in [6, 6.07) is 1.61. The SMILES string of the molecule is O=[N+]([O-])c1cc(SC(F)(F)F)c(Cl)cc1Cl. The van der Waals surface area contributed by atoms with E-state index >= 15 is 0 Å². The Balaban J connectivity index is 3.20. The maximum Gasteiger partial charge on any atom is 0.446 e. The van der Waals surface area contributed by atoms with Gasteiger partial charge < -0.3 is 0 Å². The van der Waals surface area contributed by atoms with E-state index in [-0.39, 0.29) is 10.0 Å². The number of rotatable bonds is 2. The van der Waals surface area contributed by atoms with Gasteiger partial charge in [0, 0.05) is 11.0 Å². The molecule has 1 rings (SSSR count). The largest absolute Gasteiger partial charge is 0.446 e. The minimum atomic E-state index is -4.56. The third-order valence-corrected chi connectivity index (χ3v) is 2.94. The maximum absolute atomic E-state index is 12.1. The van der Waals surface area contributed by atoms with Crippen molar-refractivity contribution in [3.05, 3.63) is 32.3 Å². The van der Waals surface area contributed by atoms with Crippen molar-refractivity contribution in [1.82, 2.24) is 0 Å². The van der Waals surface area contributed by atoms with Gasteiger partial charge in [-0.2, -0.15) is 13.2 Å². The molecular weight excluding hydrogens is 290 g/mol. The van der Waals surface area contributed by atoms with Crippen LogP contribution in [-0.4, -0.2) is 10.4 Å². The highest BCUT2D eigenvalue weighted by Crippen LogP contribution is 2.43. The van der Waals surface area contributed by atoms with E-state index in [1.807, 2.05) is 0 Å². The van der Waals surface area contributed by atoms with E-state index in [0.717, 1.165) is 6.07 Å². The molecule has 0 N–H and O–H groups in total. The van der Waals surface area contributed by atoms with Crippen molar-refractivity contribution in [2.75, 3.05) is 0 Å². The Hall–Kier alpha value is -0.660. The quantitative estimate of drug-likeness (QED) is 0.457. The molecule has 0 aliphatic rings. The van der Waals surface area contributed by atoms with E-state index < -0.39 is 32.8 Å². The van der Waals surface area contributed by atoms with E-state index in [9.17, 15) is 23.3 Å². The van der Waals surface area contributed by atoms with E-state index in [4.69, 9.17) is 23.2 Å². The van der Waals surface area contributed by atoms with Crippen LogP contribution in [0.25, 0.3) is 0 Å². The molecule has 0 unspecified atom stereocenters. The van der Waals surface area contributed by atoms with Crippen molar-refractivity contribution in [3.8, 4) is 0 Å². The summed E-state index contributed by atoms with van der Waals surface area (Å²) in [5, 5.41) is 9.85. The number of thioether (sulfide) groups is 1. The lowest BCUT2D eigenvalue weighted by atomic mass is 10.3. The van der Waals surface area contributed by atoms with Crippen molar-refractivity contribution in [2.24, 2.45) is 0 Å². The Labute approximate surface area is 102 Å². The van der Waals surface area contributed by atoms with Gasteiger partial charge in [-0.1, -0.05) is 23.2 Å². The lowest BCUT2D eigenvalue weighted by Gasteiger charge is -2.07. The van der Waals surface area contributed by atoms with E-state index in [2.05, 4.69) is 0 Å². The number of halogens is 5. The highest BCUT2D eigenvalue weighted by molar-refractivity contribution is 8.00. The molecule has 0 spiro atoms. The molecule has 0 heterocycles. The van der Waals surface area contributed by atoms with Crippen LogP contribution in [0.1, 0.15) is 0 Å². The summed E-state index contributed by atoms with van der Waals surface area (Å²) in [6.07, 6.45) is 0. The van der Waals surface area contributed by atoms with Crippen LogP contribution < -0.4 is 0 Å². The third kappa shape index (κ3) is 3.43. The molecule has 0 atom stereocenters. The number of alkyl halides is 3. The first-order valence-corrected chi connectivity index (χ1v) is 5.17. The minimum absolute atomic E-state index is 0.280. The van der Waals surface area contributed by atoms with Crippen LogP contribution in [0, 0.1) is 10.1 Å². The van der Waals surface area contributed by atoms with Gasteiger partial charge >= 0.3 is 5.51 Å². The molecule has 0 saturated heterocycles. The lowest BCUT2D eigenvalue weighted by Crippen LogP contribution is -2.00. The first kappa shape index (κ1) is 13.4. The molecule has 3 nitrogen and oxygen atoms in total. The average molecular weight is 292 g/mol. The predicted molar refractivity (Wildman–Crippen MR) is 55.0 cm³/mol. The van der Waals surface area contributed by atoms with Crippen LogP contribution >= 0.6 is 35.0 Å². The zero-order valence-electron chi connectivity index (χ0n) is 7.22. The number of benzene rings is 1.